The monoisotopic (exact) mass is 308 g/mol. The number of hydrogen-bond acceptors (Lipinski definition) is 4. The fourth-order valence-electron chi connectivity index (χ4n) is 1.41. The Morgan fingerprint density at radius 1 is 1.50 bits per heavy atom. The van der Waals surface area contributed by atoms with Gasteiger partial charge in [-0.05, 0) is 30.9 Å². The first-order valence-electron chi connectivity index (χ1n) is 5.47. The number of thioether (sulfide) groups is 1. The van der Waals surface area contributed by atoms with Crippen molar-refractivity contribution in [2.75, 3.05) is 17.7 Å². The van der Waals surface area contributed by atoms with E-state index in [1.165, 1.54) is 18.2 Å². The minimum Gasteiger partial charge on any atom is -0.397 e. The zero-order valence-corrected chi connectivity index (χ0v) is 12.7. The molecule has 0 bridgehead atoms. The molecule has 0 saturated carbocycles. The molecule has 0 heterocycles. The van der Waals surface area contributed by atoms with Crippen LogP contribution in [0.3, 0.4) is 0 Å². The van der Waals surface area contributed by atoms with Gasteiger partial charge in [0.2, 0.25) is 10.0 Å². The first-order chi connectivity index (χ1) is 8.40. The zero-order chi connectivity index (χ0) is 13.8. The number of nitrogens with one attached hydrogen (secondary N) is 1. The van der Waals surface area contributed by atoms with E-state index in [4.69, 9.17) is 17.3 Å². The molecule has 1 unspecified atom stereocenters. The highest BCUT2D eigenvalue weighted by Gasteiger charge is 2.19. The van der Waals surface area contributed by atoms with Crippen molar-refractivity contribution in [2.24, 2.45) is 0 Å². The maximum atomic E-state index is 12.1. The van der Waals surface area contributed by atoms with Gasteiger partial charge in [-0.3, -0.25) is 0 Å². The Morgan fingerprint density at radius 2 is 2.17 bits per heavy atom. The van der Waals surface area contributed by atoms with Crippen LogP contribution in [0.25, 0.3) is 0 Å². The van der Waals surface area contributed by atoms with Gasteiger partial charge in [-0.15, -0.1) is 0 Å². The summed E-state index contributed by atoms with van der Waals surface area (Å²) in [7, 11) is -3.54. The zero-order valence-electron chi connectivity index (χ0n) is 10.3. The first-order valence-corrected chi connectivity index (χ1v) is 8.72. The molecule has 1 rings (SSSR count). The third kappa shape index (κ3) is 4.05. The predicted molar refractivity (Wildman–Crippen MR) is 78.6 cm³/mol. The van der Waals surface area contributed by atoms with Gasteiger partial charge in [0.15, 0.2) is 0 Å². The number of rotatable bonds is 6. The molecule has 0 spiro atoms. The number of sulfonamides is 1. The third-order valence-corrected chi connectivity index (χ3v) is 5.06. The largest absolute Gasteiger partial charge is 0.397 e. The first kappa shape index (κ1) is 15.6. The maximum absolute atomic E-state index is 12.1. The second kappa shape index (κ2) is 6.65. The van der Waals surface area contributed by atoms with Crippen molar-refractivity contribution in [3.8, 4) is 0 Å². The van der Waals surface area contributed by atoms with Crippen molar-refractivity contribution in [3.63, 3.8) is 0 Å². The molecule has 0 aliphatic carbocycles. The van der Waals surface area contributed by atoms with Gasteiger partial charge in [-0.2, -0.15) is 11.8 Å². The van der Waals surface area contributed by atoms with Crippen LogP contribution in [0.1, 0.15) is 13.3 Å². The van der Waals surface area contributed by atoms with E-state index >= 15 is 0 Å². The lowest BCUT2D eigenvalue weighted by atomic mass is 10.3. The van der Waals surface area contributed by atoms with E-state index < -0.39 is 10.0 Å². The van der Waals surface area contributed by atoms with Gasteiger partial charge in [-0.1, -0.05) is 18.5 Å². The van der Waals surface area contributed by atoms with Gasteiger partial charge in [0.05, 0.1) is 15.6 Å². The fourth-order valence-corrected chi connectivity index (χ4v) is 3.71. The highest BCUT2D eigenvalue weighted by Crippen LogP contribution is 2.22. The Bertz CT molecular complexity index is 506. The minimum absolute atomic E-state index is 0.0816. The molecule has 7 heteroatoms. The summed E-state index contributed by atoms with van der Waals surface area (Å²) in [5, 5.41) is 0.352. The van der Waals surface area contributed by atoms with Crippen LogP contribution in [0, 0.1) is 0 Å². The Labute approximate surface area is 117 Å². The van der Waals surface area contributed by atoms with E-state index in [0.717, 1.165) is 12.2 Å². The molecular formula is C11H17ClN2O2S2. The van der Waals surface area contributed by atoms with Gasteiger partial charge in [0.1, 0.15) is 0 Å². The number of nitrogen functional groups attached to an aromatic ring is 1. The lowest BCUT2D eigenvalue weighted by molar-refractivity contribution is 0.558. The van der Waals surface area contributed by atoms with E-state index in [-0.39, 0.29) is 16.6 Å². The Morgan fingerprint density at radius 3 is 2.67 bits per heavy atom. The van der Waals surface area contributed by atoms with Crippen molar-refractivity contribution in [1.82, 2.24) is 4.72 Å². The van der Waals surface area contributed by atoms with E-state index in [1.807, 2.05) is 13.2 Å². The second-order valence-electron chi connectivity index (χ2n) is 3.87. The molecule has 1 atom stereocenters. The topological polar surface area (TPSA) is 72.2 Å². The summed E-state index contributed by atoms with van der Waals surface area (Å²) in [6.07, 6.45) is 2.68. The maximum Gasteiger partial charge on any atom is 0.240 e. The van der Waals surface area contributed by atoms with Gasteiger partial charge in [0, 0.05) is 11.8 Å². The standard InChI is InChI=1S/C11H17ClN2O2S2/c1-3-8(7-17-2)14-18(15,16)9-4-5-10(12)11(13)6-9/h4-6,8,14H,3,7,13H2,1-2H3. The summed E-state index contributed by atoms with van der Waals surface area (Å²) >= 11 is 7.37. The molecule has 102 valence electrons. The van der Waals surface area contributed by atoms with Crippen LogP contribution in [0.15, 0.2) is 23.1 Å². The van der Waals surface area contributed by atoms with Crippen LogP contribution in [0.5, 0.6) is 0 Å². The van der Waals surface area contributed by atoms with E-state index in [9.17, 15) is 8.42 Å². The highest BCUT2D eigenvalue weighted by molar-refractivity contribution is 7.98. The van der Waals surface area contributed by atoms with Crippen LogP contribution in [-0.4, -0.2) is 26.5 Å². The average molecular weight is 309 g/mol. The molecule has 4 nitrogen and oxygen atoms in total. The van der Waals surface area contributed by atoms with Crippen molar-refractivity contribution in [3.05, 3.63) is 23.2 Å². The molecule has 0 radical (unpaired) electrons. The quantitative estimate of drug-likeness (QED) is 0.791. The lowest BCUT2D eigenvalue weighted by Gasteiger charge is -2.16. The molecule has 0 saturated heterocycles. The van der Waals surface area contributed by atoms with Gasteiger partial charge in [-0.25, -0.2) is 13.1 Å². The minimum atomic E-state index is -3.54. The lowest BCUT2D eigenvalue weighted by Crippen LogP contribution is -2.36. The predicted octanol–water partition coefficient (Wildman–Crippen LogP) is 2.34. The van der Waals surface area contributed by atoms with Crippen molar-refractivity contribution >= 4 is 39.1 Å². The molecule has 1 aromatic rings. The van der Waals surface area contributed by atoms with Crippen LogP contribution in [-0.2, 0) is 10.0 Å². The summed E-state index contributed by atoms with van der Waals surface area (Å²) < 4.78 is 26.9. The van der Waals surface area contributed by atoms with Crippen LogP contribution >= 0.6 is 23.4 Å². The normalized spacial score (nSPS) is 13.5. The summed E-state index contributed by atoms with van der Waals surface area (Å²) in [5.74, 6) is 0.735. The number of benzene rings is 1. The summed E-state index contributed by atoms with van der Waals surface area (Å²) in [5.41, 5.74) is 5.87. The molecule has 0 amide bonds. The molecule has 0 aromatic heterocycles. The Kier molecular flexibility index (Phi) is 5.78. The molecule has 0 aliphatic rings. The summed E-state index contributed by atoms with van der Waals surface area (Å²) in [6.45, 7) is 1.94. The van der Waals surface area contributed by atoms with Crippen molar-refractivity contribution in [1.29, 1.82) is 0 Å². The molecule has 3 N–H and O–H groups in total. The number of halogens is 1. The van der Waals surface area contributed by atoms with Gasteiger partial charge in [0.25, 0.3) is 0 Å². The number of anilines is 1. The van der Waals surface area contributed by atoms with Crippen molar-refractivity contribution in [2.45, 2.75) is 24.3 Å². The van der Waals surface area contributed by atoms with Crippen LogP contribution < -0.4 is 10.5 Å². The fraction of sp³-hybridized carbons (Fsp3) is 0.455. The van der Waals surface area contributed by atoms with Crippen molar-refractivity contribution < 1.29 is 8.42 Å². The molecule has 1 aromatic carbocycles. The summed E-state index contributed by atoms with van der Waals surface area (Å²) in [4.78, 5) is 0.143. The van der Waals surface area contributed by atoms with Crippen LogP contribution in [0.4, 0.5) is 5.69 Å². The van der Waals surface area contributed by atoms with Gasteiger partial charge >= 0.3 is 0 Å². The Hall–Kier alpha value is -0.430. The number of hydrogen-bond donors (Lipinski definition) is 2. The number of nitrogens with two attached hydrogens (primary N) is 1. The van der Waals surface area contributed by atoms with E-state index in [0.29, 0.717) is 5.02 Å². The second-order valence-corrected chi connectivity index (χ2v) is 6.90. The van der Waals surface area contributed by atoms with E-state index in [1.54, 1.807) is 11.8 Å². The molecule has 0 aliphatic heterocycles. The smallest absolute Gasteiger partial charge is 0.240 e. The molecule has 0 fully saturated rings. The SMILES string of the molecule is CCC(CSC)NS(=O)(=O)c1ccc(Cl)c(N)c1. The Balaban J connectivity index is 2.95. The summed E-state index contributed by atoms with van der Waals surface area (Å²) in [6, 6.07) is 4.23. The van der Waals surface area contributed by atoms with E-state index in [2.05, 4.69) is 4.72 Å². The molecule has 18 heavy (non-hydrogen) atoms. The van der Waals surface area contributed by atoms with Gasteiger partial charge < -0.3 is 5.73 Å². The molecular weight excluding hydrogens is 292 g/mol. The average Bonchev–Trinajstić information content (AvgIpc) is 2.31. The third-order valence-electron chi connectivity index (χ3n) is 2.46. The highest BCUT2D eigenvalue weighted by atomic mass is 35.5. The van der Waals surface area contributed by atoms with Crippen LogP contribution in [0.2, 0.25) is 5.02 Å².